The summed E-state index contributed by atoms with van der Waals surface area (Å²) < 4.78 is 5.16. The average molecular weight is 228 g/mol. The molecule has 0 aliphatic rings. The molecular weight excluding hydrogens is 216 g/mol. The molecule has 4 nitrogen and oxygen atoms in total. The molecule has 86 valence electrons. The lowest BCUT2D eigenvalue weighted by Crippen LogP contribution is -2.08. The second kappa shape index (κ2) is 4.57. The monoisotopic (exact) mass is 228 g/mol. The molecule has 0 atom stereocenters. The molecule has 0 aliphatic heterocycles. The van der Waals surface area contributed by atoms with Crippen molar-refractivity contribution in [1.29, 1.82) is 0 Å². The fraction of sp³-hybridized carbons (Fsp3) is 0. The Balaban J connectivity index is 2.14. The zero-order chi connectivity index (χ0) is 12.3. The van der Waals surface area contributed by atoms with E-state index in [0.717, 1.165) is 0 Å². The summed E-state index contributed by atoms with van der Waals surface area (Å²) in [5.74, 6) is -0.0116. The molecule has 0 aliphatic carbocycles. The van der Waals surface area contributed by atoms with Gasteiger partial charge in [-0.05, 0) is 36.4 Å². The minimum atomic E-state index is -0.435. The summed E-state index contributed by atoms with van der Waals surface area (Å²) in [6.45, 7) is 0. The molecule has 17 heavy (non-hydrogen) atoms. The first-order valence-corrected chi connectivity index (χ1v) is 5.08. The van der Waals surface area contributed by atoms with Crippen LogP contribution in [0.2, 0.25) is 0 Å². The van der Waals surface area contributed by atoms with Gasteiger partial charge in [0, 0.05) is 17.4 Å². The fourth-order valence-corrected chi connectivity index (χ4v) is 1.36. The van der Waals surface area contributed by atoms with Crippen molar-refractivity contribution >= 4 is 17.3 Å². The Morgan fingerprint density at radius 1 is 0.941 bits per heavy atom. The molecule has 0 aromatic heterocycles. The van der Waals surface area contributed by atoms with E-state index in [2.05, 4.69) is 0 Å². The van der Waals surface area contributed by atoms with E-state index in [4.69, 9.17) is 16.2 Å². The summed E-state index contributed by atoms with van der Waals surface area (Å²) in [6.07, 6.45) is 0. The number of anilines is 2. The van der Waals surface area contributed by atoms with Gasteiger partial charge in [0.2, 0.25) is 0 Å². The Morgan fingerprint density at radius 2 is 1.65 bits per heavy atom. The fourth-order valence-electron chi connectivity index (χ4n) is 1.36. The number of hydrogen-bond acceptors (Lipinski definition) is 4. The smallest absolute Gasteiger partial charge is 0.343 e. The lowest BCUT2D eigenvalue weighted by molar-refractivity contribution is 0.0735. The van der Waals surface area contributed by atoms with Gasteiger partial charge < -0.3 is 16.2 Å². The zero-order valence-electron chi connectivity index (χ0n) is 9.09. The Labute approximate surface area is 98.8 Å². The van der Waals surface area contributed by atoms with Crippen LogP contribution in [0.4, 0.5) is 11.4 Å². The second-order valence-corrected chi connectivity index (χ2v) is 3.58. The predicted octanol–water partition coefficient (Wildman–Crippen LogP) is 2.07. The van der Waals surface area contributed by atoms with Crippen molar-refractivity contribution < 1.29 is 9.53 Å². The molecule has 0 unspecified atom stereocenters. The lowest BCUT2D eigenvalue weighted by Gasteiger charge is -2.05. The predicted molar refractivity (Wildman–Crippen MR) is 66.7 cm³/mol. The number of hydrogen-bond donors (Lipinski definition) is 2. The highest BCUT2D eigenvalue weighted by atomic mass is 16.5. The molecule has 0 saturated carbocycles. The van der Waals surface area contributed by atoms with Crippen LogP contribution in [-0.4, -0.2) is 5.97 Å². The van der Waals surface area contributed by atoms with Crippen molar-refractivity contribution in [2.75, 3.05) is 11.5 Å². The number of nitrogens with two attached hydrogens (primary N) is 2. The van der Waals surface area contributed by atoms with Gasteiger partial charge in [0.1, 0.15) is 5.75 Å². The molecule has 0 saturated heterocycles. The molecule has 4 heteroatoms. The summed E-state index contributed by atoms with van der Waals surface area (Å²) in [5, 5.41) is 0. The molecule has 0 fully saturated rings. The maximum Gasteiger partial charge on any atom is 0.343 e. The Kier molecular flexibility index (Phi) is 2.96. The van der Waals surface area contributed by atoms with Gasteiger partial charge in [-0.2, -0.15) is 0 Å². The van der Waals surface area contributed by atoms with Crippen molar-refractivity contribution in [3.63, 3.8) is 0 Å². The van der Waals surface area contributed by atoms with Crippen LogP contribution < -0.4 is 16.2 Å². The molecule has 0 spiro atoms. The van der Waals surface area contributed by atoms with Gasteiger partial charge in [-0.3, -0.25) is 0 Å². The van der Waals surface area contributed by atoms with Crippen molar-refractivity contribution in [2.24, 2.45) is 0 Å². The van der Waals surface area contributed by atoms with Gasteiger partial charge in [0.05, 0.1) is 5.56 Å². The van der Waals surface area contributed by atoms with E-state index in [-0.39, 0.29) is 0 Å². The van der Waals surface area contributed by atoms with Gasteiger partial charge in [-0.1, -0.05) is 6.07 Å². The maximum atomic E-state index is 11.7. The van der Waals surface area contributed by atoms with Gasteiger partial charge >= 0.3 is 5.97 Å². The minimum absolute atomic E-state index is 0.423. The topological polar surface area (TPSA) is 78.3 Å². The molecular formula is C13H12N2O2. The molecule has 2 aromatic carbocycles. The standard InChI is InChI=1S/C13H12N2O2/c14-10-6-4-9(5-7-10)13(16)17-12-3-1-2-11(15)8-12/h1-8H,14-15H2. The van der Waals surface area contributed by atoms with Crippen LogP contribution in [-0.2, 0) is 0 Å². The molecule has 4 N–H and O–H groups in total. The van der Waals surface area contributed by atoms with Gasteiger partial charge in [-0.25, -0.2) is 4.79 Å². The van der Waals surface area contributed by atoms with Crippen LogP contribution in [0.5, 0.6) is 5.75 Å². The highest BCUT2D eigenvalue weighted by molar-refractivity contribution is 5.91. The van der Waals surface area contributed by atoms with Crippen LogP contribution in [0.15, 0.2) is 48.5 Å². The Hall–Kier alpha value is -2.49. The van der Waals surface area contributed by atoms with Crippen LogP contribution in [0.1, 0.15) is 10.4 Å². The number of rotatable bonds is 2. The molecule has 0 bridgehead atoms. The summed E-state index contributed by atoms with van der Waals surface area (Å²) in [5.41, 5.74) is 12.7. The van der Waals surface area contributed by atoms with Crippen molar-refractivity contribution in [3.8, 4) is 5.75 Å². The number of carbonyl (C=O) groups is 1. The van der Waals surface area contributed by atoms with Crippen molar-refractivity contribution in [3.05, 3.63) is 54.1 Å². The Bertz CT molecular complexity index is 535. The van der Waals surface area contributed by atoms with Crippen LogP contribution >= 0.6 is 0 Å². The number of esters is 1. The van der Waals surface area contributed by atoms with Gasteiger partial charge in [0.15, 0.2) is 0 Å². The first kappa shape index (κ1) is 11.0. The zero-order valence-corrected chi connectivity index (χ0v) is 9.09. The normalized spacial score (nSPS) is 9.88. The molecule has 0 radical (unpaired) electrons. The summed E-state index contributed by atoms with van der Waals surface area (Å²) in [7, 11) is 0. The quantitative estimate of drug-likeness (QED) is 0.468. The largest absolute Gasteiger partial charge is 0.423 e. The minimum Gasteiger partial charge on any atom is -0.423 e. The lowest BCUT2D eigenvalue weighted by atomic mass is 10.2. The van der Waals surface area contributed by atoms with E-state index in [1.54, 1.807) is 48.5 Å². The second-order valence-electron chi connectivity index (χ2n) is 3.58. The first-order chi connectivity index (χ1) is 8.15. The first-order valence-electron chi connectivity index (χ1n) is 5.08. The number of benzene rings is 2. The van der Waals surface area contributed by atoms with Crippen LogP contribution in [0.3, 0.4) is 0 Å². The molecule has 2 rings (SSSR count). The van der Waals surface area contributed by atoms with E-state index < -0.39 is 5.97 Å². The molecule has 2 aromatic rings. The van der Waals surface area contributed by atoms with E-state index in [0.29, 0.717) is 22.7 Å². The van der Waals surface area contributed by atoms with Crippen LogP contribution in [0.25, 0.3) is 0 Å². The Morgan fingerprint density at radius 3 is 2.29 bits per heavy atom. The summed E-state index contributed by atoms with van der Waals surface area (Å²) >= 11 is 0. The van der Waals surface area contributed by atoms with Gasteiger partial charge in [0.25, 0.3) is 0 Å². The van der Waals surface area contributed by atoms with Crippen molar-refractivity contribution in [2.45, 2.75) is 0 Å². The molecule has 0 amide bonds. The SMILES string of the molecule is Nc1ccc(C(=O)Oc2cccc(N)c2)cc1. The number of nitrogen functional groups attached to an aromatic ring is 2. The highest BCUT2D eigenvalue weighted by Gasteiger charge is 2.07. The highest BCUT2D eigenvalue weighted by Crippen LogP contribution is 2.16. The van der Waals surface area contributed by atoms with Crippen molar-refractivity contribution in [1.82, 2.24) is 0 Å². The third-order valence-electron chi connectivity index (χ3n) is 2.22. The maximum absolute atomic E-state index is 11.7. The van der Waals surface area contributed by atoms with Gasteiger partial charge in [-0.15, -0.1) is 0 Å². The summed E-state index contributed by atoms with van der Waals surface area (Å²) in [4.78, 5) is 11.7. The van der Waals surface area contributed by atoms with E-state index >= 15 is 0 Å². The third kappa shape index (κ3) is 2.75. The van der Waals surface area contributed by atoms with E-state index in [1.165, 1.54) is 0 Å². The number of ether oxygens (including phenoxy) is 1. The molecule has 0 heterocycles. The van der Waals surface area contributed by atoms with E-state index in [9.17, 15) is 4.79 Å². The number of carbonyl (C=O) groups excluding carboxylic acids is 1. The third-order valence-corrected chi connectivity index (χ3v) is 2.22. The van der Waals surface area contributed by atoms with Crippen LogP contribution in [0, 0.1) is 0 Å². The summed E-state index contributed by atoms with van der Waals surface area (Å²) in [6, 6.07) is 13.2. The van der Waals surface area contributed by atoms with E-state index in [1.807, 2.05) is 0 Å². The average Bonchev–Trinajstić information content (AvgIpc) is 2.29.